The fourth-order valence-corrected chi connectivity index (χ4v) is 3.17. The third-order valence-corrected chi connectivity index (χ3v) is 4.46. The SMILES string of the molecule is Cc1nc(C)c(-c2cnn(CC(=O)Nc3cnn(C(C)C)n3)c2)s1. The first-order chi connectivity index (χ1) is 11.4. The Bertz CT molecular complexity index is 861. The lowest BCUT2D eigenvalue weighted by molar-refractivity contribution is -0.116. The Morgan fingerprint density at radius 3 is 2.71 bits per heavy atom. The molecule has 0 radical (unpaired) electrons. The molecule has 3 aromatic rings. The van der Waals surface area contributed by atoms with Crippen LogP contribution in [-0.2, 0) is 11.3 Å². The number of nitrogens with zero attached hydrogens (tertiary/aromatic N) is 6. The largest absolute Gasteiger partial charge is 0.306 e. The first kappa shape index (κ1) is 16.3. The zero-order valence-corrected chi connectivity index (χ0v) is 14.8. The highest BCUT2D eigenvalue weighted by Gasteiger charge is 2.12. The van der Waals surface area contributed by atoms with Crippen LogP contribution >= 0.6 is 11.3 Å². The number of hydrogen-bond donors (Lipinski definition) is 1. The molecule has 0 spiro atoms. The van der Waals surface area contributed by atoms with Gasteiger partial charge in [0.2, 0.25) is 5.91 Å². The molecule has 3 heterocycles. The number of amides is 1. The summed E-state index contributed by atoms with van der Waals surface area (Å²) < 4.78 is 1.60. The maximum atomic E-state index is 12.1. The van der Waals surface area contributed by atoms with Crippen LogP contribution in [0.1, 0.15) is 30.6 Å². The number of anilines is 1. The number of hydrogen-bond acceptors (Lipinski definition) is 6. The van der Waals surface area contributed by atoms with Crippen molar-refractivity contribution in [2.45, 2.75) is 40.3 Å². The number of thiazole rings is 1. The van der Waals surface area contributed by atoms with Gasteiger partial charge in [-0.2, -0.15) is 15.0 Å². The fourth-order valence-electron chi connectivity index (χ4n) is 2.28. The van der Waals surface area contributed by atoms with Crippen LogP contribution < -0.4 is 5.32 Å². The first-order valence-corrected chi connectivity index (χ1v) is 8.42. The molecule has 0 unspecified atom stereocenters. The van der Waals surface area contributed by atoms with Gasteiger partial charge < -0.3 is 5.32 Å². The van der Waals surface area contributed by atoms with Crippen LogP contribution in [0.15, 0.2) is 18.6 Å². The van der Waals surface area contributed by atoms with Crippen LogP contribution in [0.5, 0.6) is 0 Å². The molecule has 0 aromatic carbocycles. The van der Waals surface area contributed by atoms with Crippen molar-refractivity contribution in [3.05, 3.63) is 29.3 Å². The third-order valence-electron chi connectivity index (χ3n) is 3.34. The van der Waals surface area contributed by atoms with Gasteiger partial charge in [-0.25, -0.2) is 4.98 Å². The van der Waals surface area contributed by atoms with E-state index in [1.54, 1.807) is 27.0 Å². The van der Waals surface area contributed by atoms with Gasteiger partial charge in [0, 0.05) is 11.8 Å². The zero-order chi connectivity index (χ0) is 17.3. The summed E-state index contributed by atoms with van der Waals surface area (Å²) in [5.74, 6) is 0.243. The van der Waals surface area contributed by atoms with Gasteiger partial charge in [0.05, 0.1) is 34.0 Å². The Balaban J connectivity index is 1.65. The van der Waals surface area contributed by atoms with E-state index in [-0.39, 0.29) is 18.5 Å². The molecule has 0 aliphatic carbocycles. The molecular weight excluding hydrogens is 326 g/mol. The number of rotatable bonds is 5. The molecule has 0 saturated heterocycles. The summed E-state index contributed by atoms with van der Waals surface area (Å²) in [6, 6.07) is 0.149. The average molecular weight is 345 g/mol. The number of carbonyl (C=O) groups excluding carboxylic acids is 1. The predicted molar refractivity (Wildman–Crippen MR) is 91.8 cm³/mol. The zero-order valence-electron chi connectivity index (χ0n) is 14.0. The van der Waals surface area contributed by atoms with Crippen LogP contribution in [0.2, 0.25) is 0 Å². The highest BCUT2D eigenvalue weighted by molar-refractivity contribution is 7.15. The molecule has 24 heavy (non-hydrogen) atoms. The Labute approximate surface area is 143 Å². The van der Waals surface area contributed by atoms with E-state index in [0.29, 0.717) is 5.82 Å². The molecular formula is C15H19N7OS. The van der Waals surface area contributed by atoms with Crippen molar-refractivity contribution < 1.29 is 4.79 Å². The summed E-state index contributed by atoms with van der Waals surface area (Å²) in [6.07, 6.45) is 5.14. The Kier molecular flexibility index (Phi) is 4.43. The molecule has 3 rings (SSSR count). The normalized spacial score (nSPS) is 11.2. The van der Waals surface area contributed by atoms with E-state index in [2.05, 4.69) is 25.6 Å². The summed E-state index contributed by atoms with van der Waals surface area (Å²) in [5.41, 5.74) is 1.95. The lowest BCUT2D eigenvalue weighted by Gasteiger charge is -2.03. The van der Waals surface area contributed by atoms with Gasteiger partial charge in [0.1, 0.15) is 6.54 Å². The Morgan fingerprint density at radius 1 is 1.29 bits per heavy atom. The molecule has 0 aliphatic heterocycles. The monoisotopic (exact) mass is 345 g/mol. The van der Waals surface area contributed by atoms with Crippen LogP contribution in [0.25, 0.3) is 10.4 Å². The second kappa shape index (κ2) is 6.52. The Morgan fingerprint density at radius 2 is 2.08 bits per heavy atom. The Hall–Kier alpha value is -2.55. The highest BCUT2D eigenvalue weighted by atomic mass is 32.1. The van der Waals surface area contributed by atoms with Crippen LogP contribution in [0.3, 0.4) is 0 Å². The summed E-state index contributed by atoms with van der Waals surface area (Å²) >= 11 is 1.62. The van der Waals surface area contributed by atoms with Crippen LogP contribution in [-0.4, -0.2) is 35.7 Å². The topological polar surface area (TPSA) is 90.5 Å². The van der Waals surface area contributed by atoms with Crippen molar-refractivity contribution in [2.75, 3.05) is 5.32 Å². The number of nitrogens with one attached hydrogen (secondary N) is 1. The van der Waals surface area contributed by atoms with Crippen molar-refractivity contribution in [3.63, 3.8) is 0 Å². The lowest BCUT2D eigenvalue weighted by Crippen LogP contribution is -2.19. The van der Waals surface area contributed by atoms with Gasteiger partial charge in [0.15, 0.2) is 5.82 Å². The molecule has 1 N–H and O–H groups in total. The van der Waals surface area contributed by atoms with Gasteiger partial charge in [-0.1, -0.05) is 0 Å². The molecule has 0 atom stereocenters. The van der Waals surface area contributed by atoms with E-state index >= 15 is 0 Å². The van der Waals surface area contributed by atoms with Crippen molar-refractivity contribution >= 4 is 23.1 Å². The van der Waals surface area contributed by atoms with Crippen LogP contribution in [0, 0.1) is 13.8 Å². The second-order valence-corrected chi connectivity index (χ2v) is 6.97. The predicted octanol–water partition coefficient (Wildman–Crippen LogP) is 2.43. The molecule has 126 valence electrons. The minimum absolute atomic E-state index is 0.116. The van der Waals surface area contributed by atoms with Crippen molar-refractivity contribution in [2.24, 2.45) is 0 Å². The lowest BCUT2D eigenvalue weighted by atomic mass is 10.2. The molecule has 0 fully saturated rings. The standard InChI is InChI=1S/C15H19N7OS/c1-9(2)22-17-6-13(20-22)19-14(23)8-21-7-12(5-16-21)15-10(3)18-11(4)24-15/h5-7,9H,8H2,1-4H3,(H,19,20,23). The van der Waals surface area contributed by atoms with Crippen molar-refractivity contribution in [3.8, 4) is 10.4 Å². The molecule has 3 aromatic heterocycles. The maximum absolute atomic E-state index is 12.1. The third kappa shape index (κ3) is 3.51. The van der Waals surface area contributed by atoms with Gasteiger partial charge in [-0.3, -0.25) is 9.48 Å². The van der Waals surface area contributed by atoms with E-state index in [4.69, 9.17) is 0 Å². The van der Waals surface area contributed by atoms with E-state index < -0.39 is 0 Å². The number of aromatic nitrogens is 6. The first-order valence-electron chi connectivity index (χ1n) is 7.61. The van der Waals surface area contributed by atoms with Crippen LogP contribution in [0.4, 0.5) is 5.82 Å². The molecule has 0 aliphatic rings. The van der Waals surface area contributed by atoms with E-state index in [1.807, 2.05) is 33.9 Å². The van der Waals surface area contributed by atoms with Gasteiger partial charge in [0.25, 0.3) is 0 Å². The second-order valence-electron chi connectivity index (χ2n) is 5.77. The molecule has 0 bridgehead atoms. The molecule has 1 amide bonds. The summed E-state index contributed by atoms with van der Waals surface area (Å²) in [6.45, 7) is 8.01. The van der Waals surface area contributed by atoms with Gasteiger partial charge in [-0.05, 0) is 27.7 Å². The average Bonchev–Trinajstić information content (AvgIpc) is 3.19. The minimum Gasteiger partial charge on any atom is -0.306 e. The van der Waals surface area contributed by atoms with Crippen molar-refractivity contribution in [1.82, 2.24) is 29.8 Å². The summed E-state index contributed by atoms with van der Waals surface area (Å²) in [7, 11) is 0. The molecule has 0 saturated carbocycles. The van der Waals surface area contributed by atoms with Crippen molar-refractivity contribution in [1.29, 1.82) is 0 Å². The molecule has 9 heteroatoms. The number of carbonyl (C=O) groups is 1. The van der Waals surface area contributed by atoms with E-state index in [0.717, 1.165) is 21.1 Å². The smallest absolute Gasteiger partial charge is 0.247 e. The van der Waals surface area contributed by atoms with E-state index in [9.17, 15) is 4.79 Å². The summed E-state index contributed by atoms with van der Waals surface area (Å²) in [5, 5.41) is 16.3. The molecule has 8 nitrogen and oxygen atoms in total. The fraction of sp³-hybridized carbons (Fsp3) is 0.400. The maximum Gasteiger partial charge on any atom is 0.247 e. The van der Waals surface area contributed by atoms with Gasteiger partial charge in [-0.15, -0.1) is 16.4 Å². The highest BCUT2D eigenvalue weighted by Crippen LogP contribution is 2.29. The van der Waals surface area contributed by atoms with E-state index in [1.165, 1.54) is 6.20 Å². The minimum atomic E-state index is -0.197. The quantitative estimate of drug-likeness (QED) is 0.767. The van der Waals surface area contributed by atoms with Gasteiger partial charge >= 0.3 is 0 Å². The number of aryl methyl sites for hydroxylation is 2. The summed E-state index contributed by atoms with van der Waals surface area (Å²) in [4.78, 5) is 19.2.